The third-order valence-electron chi connectivity index (χ3n) is 5.48. The van der Waals surface area contributed by atoms with Crippen LogP contribution in [0.4, 0.5) is 4.39 Å². The van der Waals surface area contributed by atoms with E-state index in [-0.39, 0.29) is 18.3 Å². The van der Waals surface area contributed by atoms with Gasteiger partial charge in [-0.1, -0.05) is 24.3 Å². The minimum absolute atomic E-state index is 0.0558. The molecule has 4 nitrogen and oxygen atoms in total. The number of carbonyl (C=O) groups excluding carboxylic acids is 2. The van der Waals surface area contributed by atoms with E-state index in [4.69, 9.17) is 4.74 Å². The van der Waals surface area contributed by atoms with Crippen LogP contribution >= 0.6 is 11.3 Å². The number of halogens is 1. The lowest BCUT2D eigenvalue weighted by atomic mass is 9.72. The second-order valence-electron chi connectivity index (χ2n) is 7.27. The van der Waals surface area contributed by atoms with E-state index in [9.17, 15) is 14.0 Å². The molecule has 2 aliphatic rings. The van der Waals surface area contributed by atoms with Gasteiger partial charge in [-0.3, -0.25) is 4.79 Å². The van der Waals surface area contributed by atoms with Crippen LogP contribution in [0.5, 0.6) is 0 Å². The lowest BCUT2D eigenvalue weighted by Gasteiger charge is -2.36. The Hall–Kier alpha value is -2.73. The van der Waals surface area contributed by atoms with Crippen LogP contribution in [0.2, 0.25) is 0 Å². The van der Waals surface area contributed by atoms with Gasteiger partial charge in [-0.2, -0.15) is 0 Å². The van der Waals surface area contributed by atoms with Crippen molar-refractivity contribution in [3.8, 4) is 0 Å². The van der Waals surface area contributed by atoms with E-state index in [1.54, 1.807) is 43.4 Å². The van der Waals surface area contributed by atoms with Gasteiger partial charge in [0.25, 0.3) is 0 Å². The van der Waals surface area contributed by atoms with Crippen LogP contribution in [-0.4, -0.2) is 18.4 Å². The number of hydrogen-bond acceptors (Lipinski definition) is 5. The van der Waals surface area contributed by atoms with Gasteiger partial charge in [0.05, 0.1) is 18.1 Å². The van der Waals surface area contributed by atoms with Gasteiger partial charge in [0, 0.05) is 39.7 Å². The van der Waals surface area contributed by atoms with Gasteiger partial charge < -0.3 is 10.1 Å². The molecule has 2 heterocycles. The number of carbonyl (C=O) groups is 2. The Balaban J connectivity index is 1.83. The molecule has 1 aliphatic heterocycles. The van der Waals surface area contributed by atoms with Crippen LogP contribution in [0.3, 0.4) is 0 Å². The number of allylic oxidation sites excluding steroid dienone is 3. The molecule has 150 valence electrons. The molecule has 0 fully saturated rings. The molecule has 1 aliphatic carbocycles. The number of ketones is 1. The SMILES string of the molecule is CCOC(=O)C1=C(C)NC2=C(C(=O)C[C@H](c3cccs3)C2)[C@@H]1c1ccccc1F. The minimum atomic E-state index is -0.761. The number of nitrogens with one attached hydrogen (secondary N) is 1. The number of rotatable bonds is 4. The Labute approximate surface area is 173 Å². The van der Waals surface area contributed by atoms with Crippen LogP contribution < -0.4 is 5.32 Å². The van der Waals surface area contributed by atoms with Crippen LogP contribution in [-0.2, 0) is 14.3 Å². The highest BCUT2D eigenvalue weighted by Gasteiger charge is 2.42. The molecule has 1 aromatic heterocycles. The number of ether oxygens (including phenoxy) is 1. The van der Waals surface area contributed by atoms with Gasteiger partial charge in [-0.25, -0.2) is 9.18 Å². The number of hydrogen-bond donors (Lipinski definition) is 1. The molecule has 1 aromatic carbocycles. The van der Waals surface area contributed by atoms with Crippen molar-refractivity contribution in [3.05, 3.63) is 80.6 Å². The monoisotopic (exact) mass is 411 g/mol. The van der Waals surface area contributed by atoms with E-state index in [1.807, 2.05) is 17.5 Å². The summed E-state index contributed by atoms with van der Waals surface area (Å²) in [5, 5.41) is 5.27. The maximum atomic E-state index is 14.8. The van der Waals surface area contributed by atoms with Crippen LogP contribution in [0.1, 0.15) is 49.0 Å². The van der Waals surface area contributed by atoms with Crippen molar-refractivity contribution in [1.29, 1.82) is 0 Å². The van der Waals surface area contributed by atoms with Gasteiger partial charge in [-0.15, -0.1) is 11.3 Å². The first-order chi connectivity index (χ1) is 14.0. The van der Waals surface area contributed by atoms with E-state index in [0.29, 0.717) is 35.2 Å². The summed E-state index contributed by atoms with van der Waals surface area (Å²) in [6.45, 7) is 3.72. The Morgan fingerprint density at radius 1 is 1.24 bits per heavy atom. The fourth-order valence-corrected chi connectivity index (χ4v) is 5.09. The Kier molecular flexibility index (Phi) is 5.37. The van der Waals surface area contributed by atoms with Crippen molar-refractivity contribution in [2.24, 2.45) is 0 Å². The summed E-state index contributed by atoms with van der Waals surface area (Å²) in [7, 11) is 0. The van der Waals surface area contributed by atoms with Gasteiger partial charge in [0.2, 0.25) is 0 Å². The molecule has 0 unspecified atom stereocenters. The van der Waals surface area contributed by atoms with Gasteiger partial charge in [-0.05, 0) is 37.8 Å². The van der Waals surface area contributed by atoms with Crippen LogP contribution in [0, 0.1) is 5.82 Å². The third-order valence-corrected chi connectivity index (χ3v) is 6.52. The average molecular weight is 411 g/mol. The highest BCUT2D eigenvalue weighted by Crippen LogP contribution is 2.46. The Morgan fingerprint density at radius 3 is 2.72 bits per heavy atom. The largest absolute Gasteiger partial charge is 0.463 e. The van der Waals surface area contributed by atoms with Gasteiger partial charge in [0.15, 0.2) is 5.78 Å². The van der Waals surface area contributed by atoms with Crippen molar-refractivity contribution < 1.29 is 18.7 Å². The van der Waals surface area contributed by atoms with Crippen LogP contribution in [0.25, 0.3) is 0 Å². The predicted molar refractivity (Wildman–Crippen MR) is 110 cm³/mol. The number of dihydropyridines is 1. The molecular formula is C23H22FNO3S. The normalized spacial score (nSPS) is 21.7. The Morgan fingerprint density at radius 2 is 2.03 bits per heavy atom. The quantitative estimate of drug-likeness (QED) is 0.734. The molecule has 0 saturated carbocycles. The highest BCUT2D eigenvalue weighted by molar-refractivity contribution is 7.10. The molecule has 4 rings (SSSR count). The summed E-state index contributed by atoms with van der Waals surface area (Å²) in [6, 6.07) is 10.3. The maximum Gasteiger partial charge on any atom is 0.336 e. The fourth-order valence-electron chi connectivity index (χ4n) is 4.26. The maximum absolute atomic E-state index is 14.8. The molecule has 1 N–H and O–H groups in total. The lowest BCUT2D eigenvalue weighted by Crippen LogP contribution is -2.36. The molecule has 2 aromatic rings. The van der Waals surface area contributed by atoms with Crippen molar-refractivity contribution in [2.75, 3.05) is 6.61 Å². The molecule has 29 heavy (non-hydrogen) atoms. The first kappa shape index (κ1) is 19.6. The summed E-state index contributed by atoms with van der Waals surface area (Å²) < 4.78 is 20.0. The Bertz CT molecular complexity index is 1020. The number of Topliss-reactive ketones (excluding diaryl/α,β-unsaturated/α-hetero) is 1. The van der Waals surface area contributed by atoms with E-state index in [2.05, 4.69) is 5.32 Å². The zero-order valence-corrected chi connectivity index (χ0v) is 17.1. The van der Waals surface area contributed by atoms with E-state index >= 15 is 0 Å². The molecule has 6 heteroatoms. The summed E-state index contributed by atoms with van der Waals surface area (Å²) in [5.74, 6) is -1.69. The smallest absolute Gasteiger partial charge is 0.336 e. The van der Waals surface area contributed by atoms with E-state index in [1.165, 1.54) is 6.07 Å². The van der Waals surface area contributed by atoms with Crippen molar-refractivity contribution in [3.63, 3.8) is 0 Å². The first-order valence-corrected chi connectivity index (χ1v) is 10.6. The number of thiophene rings is 1. The van der Waals surface area contributed by atoms with Crippen LogP contribution in [0.15, 0.2) is 64.3 Å². The molecule has 0 radical (unpaired) electrons. The predicted octanol–water partition coefficient (Wildman–Crippen LogP) is 4.81. The van der Waals surface area contributed by atoms with Gasteiger partial charge >= 0.3 is 5.97 Å². The van der Waals surface area contributed by atoms with Crippen molar-refractivity contribution >= 4 is 23.1 Å². The zero-order valence-electron chi connectivity index (χ0n) is 16.3. The van der Waals surface area contributed by atoms with E-state index in [0.717, 1.165) is 10.6 Å². The summed E-state index contributed by atoms with van der Waals surface area (Å²) in [5.41, 5.74) is 2.50. The summed E-state index contributed by atoms with van der Waals surface area (Å²) >= 11 is 1.63. The van der Waals surface area contributed by atoms with Crippen molar-refractivity contribution in [2.45, 2.75) is 38.5 Å². The fraction of sp³-hybridized carbons (Fsp3) is 0.304. The lowest BCUT2D eigenvalue weighted by molar-refractivity contribution is -0.138. The van der Waals surface area contributed by atoms with E-state index < -0.39 is 17.7 Å². The summed E-state index contributed by atoms with van der Waals surface area (Å²) in [4.78, 5) is 27.2. The molecule has 0 saturated heterocycles. The molecule has 0 amide bonds. The minimum Gasteiger partial charge on any atom is -0.463 e. The zero-order chi connectivity index (χ0) is 20.5. The third kappa shape index (κ3) is 3.53. The van der Waals surface area contributed by atoms with Gasteiger partial charge in [0.1, 0.15) is 5.82 Å². The topological polar surface area (TPSA) is 55.4 Å². The van der Waals surface area contributed by atoms with Crippen molar-refractivity contribution in [1.82, 2.24) is 5.32 Å². The molecular weight excluding hydrogens is 389 g/mol. The summed E-state index contributed by atoms with van der Waals surface area (Å²) in [6.07, 6.45) is 1.00. The molecule has 0 bridgehead atoms. The second-order valence-corrected chi connectivity index (χ2v) is 8.25. The average Bonchev–Trinajstić information content (AvgIpc) is 3.22. The first-order valence-electron chi connectivity index (χ1n) is 9.70. The second kappa shape index (κ2) is 7.95. The number of esters is 1. The standard InChI is InChI=1S/C23H22FNO3S/c1-3-28-23(27)20-13(2)25-17-11-14(19-9-6-10-29-19)12-18(26)22(17)21(20)15-7-4-5-8-16(15)24/h4-10,14,21,25H,3,11-12H2,1-2H3/t14-,21-/m1/s1. The highest BCUT2D eigenvalue weighted by atomic mass is 32.1. The number of benzene rings is 1. The molecule has 2 atom stereocenters. The molecule has 0 spiro atoms.